The lowest BCUT2D eigenvalue weighted by molar-refractivity contribution is 0.383. The summed E-state index contributed by atoms with van der Waals surface area (Å²) in [5, 5.41) is 6.48. The first-order valence-corrected chi connectivity index (χ1v) is 9.77. The maximum absolute atomic E-state index is 5.83. The third-order valence-electron chi connectivity index (χ3n) is 6.27. The molecule has 136 valence electrons. The predicted molar refractivity (Wildman–Crippen MR) is 113 cm³/mol. The Balaban J connectivity index is 1.74. The van der Waals surface area contributed by atoms with Crippen molar-refractivity contribution in [3.05, 3.63) is 82.9 Å². The van der Waals surface area contributed by atoms with Crippen molar-refractivity contribution in [2.45, 2.75) is 32.2 Å². The van der Waals surface area contributed by atoms with Crippen molar-refractivity contribution < 1.29 is 4.74 Å². The Hall–Kier alpha value is -2.74. The van der Waals surface area contributed by atoms with Crippen LogP contribution in [0, 0.1) is 19.8 Å². The van der Waals surface area contributed by atoms with Crippen molar-refractivity contribution in [1.29, 1.82) is 0 Å². The molecule has 0 amide bonds. The number of ether oxygens (including phenoxy) is 1. The molecule has 27 heavy (non-hydrogen) atoms. The molecule has 1 heterocycles. The van der Waals surface area contributed by atoms with E-state index in [1.54, 1.807) is 7.11 Å². The molecule has 0 aromatic heterocycles. The Morgan fingerprint density at radius 1 is 1.04 bits per heavy atom. The average Bonchev–Trinajstić information content (AvgIpc) is 3.17. The van der Waals surface area contributed by atoms with Gasteiger partial charge in [0, 0.05) is 17.2 Å². The fraction of sp³-hybridized carbons (Fsp3) is 0.280. The minimum atomic E-state index is 0.236. The molecule has 3 aromatic rings. The summed E-state index contributed by atoms with van der Waals surface area (Å²) in [6.45, 7) is 4.41. The topological polar surface area (TPSA) is 21.3 Å². The molecule has 2 aliphatic rings. The number of fused-ring (bicyclic) bond motifs is 4. The van der Waals surface area contributed by atoms with Crippen LogP contribution in [-0.2, 0) is 0 Å². The van der Waals surface area contributed by atoms with E-state index in [-0.39, 0.29) is 6.04 Å². The molecule has 0 radical (unpaired) electrons. The number of allylic oxidation sites excluding steroid dienone is 2. The van der Waals surface area contributed by atoms with Gasteiger partial charge in [-0.15, -0.1) is 0 Å². The van der Waals surface area contributed by atoms with Crippen LogP contribution in [0.25, 0.3) is 10.8 Å². The molecular weight excluding hydrogens is 330 g/mol. The van der Waals surface area contributed by atoms with Crippen molar-refractivity contribution in [3.63, 3.8) is 0 Å². The Labute approximate surface area is 160 Å². The maximum Gasteiger partial charge on any atom is 0.124 e. The van der Waals surface area contributed by atoms with Gasteiger partial charge in [-0.1, -0.05) is 60.2 Å². The zero-order valence-electron chi connectivity index (χ0n) is 16.1. The number of hydrogen-bond acceptors (Lipinski definition) is 2. The SMILES string of the molecule is COc1ccc2ccccc2c1C1Nc2c(C)cc(C)cc2C2C=CCC21. The van der Waals surface area contributed by atoms with Gasteiger partial charge in [0.1, 0.15) is 5.75 Å². The summed E-state index contributed by atoms with van der Waals surface area (Å²) in [6, 6.07) is 17.8. The van der Waals surface area contributed by atoms with Gasteiger partial charge in [-0.05, 0) is 54.2 Å². The fourth-order valence-corrected chi connectivity index (χ4v) is 5.13. The minimum absolute atomic E-state index is 0.236. The van der Waals surface area contributed by atoms with E-state index in [0.717, 1.165) is 12.2 Å². The lowest BCUT2D eigenvalue weighted by Crippen LogP contribution is -2.30. The molecule has 2 nitrogen and oxygen atoms in total. The second kappa shape index (κ2) is 6.16. The summed E-state index contributed by atoms with van der Waals surface area (Å²) in [5.74, 6) is 1.96. The average molecular weight is 355 g/mol. The highest BCUT2D eigenvalue weighted by Gasteiger charge is 2.40. The van der Waals surface area contributed by atoms with Gasteiger partial charge in [0.05, 0.1) is 13.2 Å². The van der Waals surface area contributed by atoms with Crippen molar-refractivity contribution in [2.75, 3.05) is 12.4 Å². The Kier molecular flexibility index (Phi) is 3.75. The van der Waals surface area contributed by atoms with E-state index in [1.807, 2.05) is 0 Å². The first kappa shape index (κ1) is 16.4. The zero-order chi connectivity index (χ0) is 18.5. The van der Waals surface area contributed by atoms with Crippen LogP contribution in [0.15, 0.2) is 60.7 Å². The van der Waals surface area contributed by atoms with E-state index in [2.05, 4.69) is 79.8 Å². The second-order valence-corrected chi connectivity index (χ2v) is 7.92. The number of hydrogen-bond donors (Lipinski definition) is 1. The number of methoxy groups -OCH3 is 1. The van der Waals surface area contributed by atoms with Gasteiger partial charge >= 0.3 is 0 Å². The molecule has 0 saturated carbocycles. The van der Waals surface area contributed by atoms with Crippen LogP contribution in [0.3, 0.4) is 0 Å². The van der Waals surface area contributed by atoms with Crippen LogP contribution in [0.5, 0.6) is 5.75 Å². The van der Waals surface area contributed by atoms with Crippen LogP contribution in [0.4, 0.5) is 5.69 Å². The lowest BCUT2D eigenvalue weighted by Gasteiger charge is -2.39. The molecule has 0 bridgehead atoms. The molecule has 3 atom stereocenters. The number of nitrogens with one attached hydrogen (secondary N) is 1. The summed E-state index contributed by atoms with van der Waals surface area (Å²) in [4.78, 5) is 0. The smallest absolute Gasteiger partial charge is 0.124 e. The first-order valence-electron chi connectivity index (χ1n) is 9.77. The van der Waals surface area contributed by atoms with Crippen molar-refractivity contribution in [3.8, 4) is 5.75 Å². The van der Waals surface area contributed by atoms with Gasteiger partial charge < -0.3 is 10.1 Å². The first-order chi connectivity index (χ1) is 13.2. The van der Waals surface area contributed by atoms with Crippen LogP contribution in [0.2, 0.25) is 0 Å². The van der Waals surface area contributed by atoms with E-state index >= 15 is 0 Å². The van der Waals surface area contributed by atoms with Crippen molar-refractivity contribution in [2.24, 2.45) is 5.92 Å². The molecule has 1 N–H and O–H groups in total. The molecule has 0 fully saturated rings. The standard InChI is InChI=1S/C25H25NO/c1-15-13-16(2)24-21(14-15)19-9-6-10-20(19)25(26-24)23-18-8-5-4-7-17(18)11-12-22(23)27-3/h4-9,11-14,19-20,25-26H,10H2,1-3H3. The van der Waals surface area contributed by atoms with Crippen molar-refractivity contribution in [1.82, 2.24) is 0 Å². The lowest BCUT2D eigenvalue weighted by atomic mass is 9.75. The summed E-state index contributed by atoms with van der Waals surface area (Å²) in [6.07, 6.45) is 5.86. The Morgan fingerprint density at radius 3 is 2.74 bits per heavy atom. The van der Waals surface area contributed by atoms with E-state index in [1.165, 1.54) is 38.7 Å². The number of anilines is 1. The third-order valence-corrected chi connectivity index (χ3v) is 6.27. The van der Waals surface area contributed by atoms with E-state index in [9.17, 15) is 0 Å². The highest BCUT2D eigenvalue weighted by atomic mass is 16.5. The Bertz CT molecular complexity index is 1070. The van der Waals surface area contributed by atoms with Crippen LogP contribution in [-0.4, -0.2) is 7.11 Å². The molecule has 1 aliphatic heterocycles. The summed E-state index contributed by atoms with van der Waals surface area (Å²) >= 11 is 0. The van der Waals surface area contributed by atoms with Gasteiger partial charge in [-0.3, -0.25) is 0 Å². The molecule has 3 aromatic carbocycles. The molecule has 5 rings (SSSR count). The zero-order valence-corrected chi connectivity index (χ0v) is 16.1. The fourth-order valence-electron chi connectivity index (χ4n) is 5.13. The van der Waals surface area contributed by atoms with Gasteiger partial charge in [0.15, 0.2) is 0 Å². The van der Waals surface area contributed by atoms with E-state index < -0.39 is 0 Å². The maximum atomic E-state index is 5.83. The van der Waals surface area contributed by atoms with E-state index in [4.69, 9.17) is 4.74 Å². The highest BCUT2D eigenvalue weighted by Crippen LogP contribution is 2.53. The van der Waals surface area contributed by atoms with Gasteiger partial charge in [0.2, 0.25) is 0 Å². The number of rotatable bonds is 2. The van der Waals surface area contributed by atoms with E-state index in [0.29, 0.717) is 11.8 Å². The third kappa shape index (κ3) is 2.47. The second-order valence-electron chi connectivity index (χ2n) is 7.92. The monoisotopic (exact) mass is 355 g/mol. The molecule has 0 spiro atoms. The van der Waals surface area contributed by atoms with Gasteiger partial charge in [0.25, 0.3) is 0 Å². The van der Waals surface area contributed by atoms with Crippen molar-refractivity contribution >= 4 is 16.5 Å². The molecular formula is C25H25NO. The highest BCUT2D eigenvalue weighted by molar-refractivity contribution is 5.89. The minimum Gasteiger partial charge on any atom is -0.496 e. The van der Waals surface area contributed by atoms with Gasteiger partial charge in [-0.2, -0.15) is 0 Å². The molecule has 2 heteroatoms. The summed E-state index contributed by atoms with van der Waals surface area (Å²) in [5.41, 5.74) is 6.70. The van der Waals surface area contributed by atoms with Gasteiger partial charge in [-0.25, -0.2) is 0 Å². The van der Waals surface area contributed by atoms with Crippen LogP contribution >= 0.6 is 0 Å². The summed E-state index contributed by atoms with van der Waals surface area (Å²) in [7, 11) is 1.78. The molecule has 0 saturated heterocycles. The van der Waals surface area contributed by atoms with Crippen LogP contribution in [0.1, 0.15) is 40.6 Å². The predicted octanol–water partition coefficient (Wildman–Crippen LogP) is 6.29. The molecule has 1 aliphatic carbocycles. The summed E-state index contributed by atoms with van der Waals surface area (Å²) < 4.78 is 5.83. The Morgan fingerprint density at radius 2 is 1.89 bits per heavy atom. The number of benzene rings is 3. The number of aryl methyl sites for hydroxylation is 2. The van der Waals surface area contributed by atoms with Crippen LogP contribution < -0.4 is 10.1 Å². The normalized spacial score (nSPS) is 23.0. The largest absolute Gasteiger partial charge is 0.496 e. The molecule has 3 unspecified atom stereocenters. The quantitative estimate of drug-likeness (QED) is 0.545.